The SMILES string of the molecule is Cc1cc(S(=O)(=O)O)cc(N=Nc2c(S(O)(O)O)cc3c(N=Nc4cc(S(=O)(=O)O)c5cc(S(O)(O)O)cc(S(O)(O)O)c5c4O)c(O)ccc3c2O)c1O. The van der Waals surface area contributed by atoms with Crippen LogP contribution in [0.4, 0.5) is 22.7 Å². The van der Waals surface area contributed by atoms with Gasteiger partial charge in [-0.25, -0.2) is 0 Å². The molecular weight excluding hydrogens is 845 g/mol. The lowest BCUT2D eigenvalue weighted by Crippen LogP contribution is -2.05. The van der Waals surface area contributed by atoms with Crippen LogP contribution in [0.15, 0.2) is 93.5 Å². The Labute approximate surface area is 312 Å². The molecule has 298 valence electrons. The summed E-state index contributed by atoms with van der Waals surface area (Å²) in [6, 6.07) is 5.47. The molecule has 5 aromatic carbocycles. The lowest BCUT2D eigenvalue weighted by molar-refractivity contribution is 0.371. The highest BCUT2D eigenvalue weighted by molar-refractivity contribution is 8.20. The van der Waals surface area contributed by atoms with Crippen LogP contribution in [0.3, 0.4) is 0 Å². The zero-order valence-electron chi connectivity index (χ0n) is 26.8. The summed E-state index contributed by atoms with van der Waals surface area (Å²) in [6.07, 6.45) is 0. The van der Waals surface area contributed by atoms with E-state index in [1.807, 2.05) is 0 Å². The Hall–Kier alpha value is -4.47. The molecule has 0 aliphatic heterocycles. The molecular formula is C27H26N4O19S5. The van der Waals surface area contributed by atoms with Crippen molar-refractivity contribution in [2.45, 2.75) is 31.4 Å². The zero-order chi connectivity index (χ0) is 41.4. The standard InChI is InChI=1S/C27H26N4O19S5/c1-10-4-11(51(36,37)38)6-16(25(10)33)28-31-24-21(55(48,49)50)8-14-13(26(24)34)2-3-18(32)23(14)30-29-17-9-19(53(42,43)44)15-5-12(52(39,40)41)7-20(54(45,46)47)22(15)27(17)35/h2-9,32-35,39-41,45-50H,1H3,(H,36,37,38)(H,42,43,44). The van der Waals surface area contributed by atoms with Gasteiger partial charge in [0.15, 0.2) is 11.5 Å². The molecule has 5 rings (SSSR count). The van der Waals surface area contributed by atoms with E-state index in [9.17, 15) is 87.3 Å². The number of hydrogen-bond acceptors (Lipinski definition) is 21. The molecule has 0 atom stereocenters. The van der Waals surface area contributed by atoms with Crippen LogP contribution in [0.25, 0.3) is 21.5 Å². The van der Waals surface area contributed by atoms with Crippen LogP contribution in [0.1, 0.15) is 5.56 Å². The van der Waals surface area contributed by atoms with Gasteiger partial charge in [-0.3, -0.25) is 9.11 Å². The number of hydrogen-bond donors (Lipinski definition) is 15. The first kappa shape index (κ1) is 41.7. The predicted molar refractivity (Wildman–Crippen MR) is 195 cm³/mol. The molecule has 55 heavy (non-hydrogen) atoms. The van der Waals surface area contributed by atoms with E-state index in [1.54, 1.807) is 0 Å². The number of phenolic OH excluding ortho intramolecular Hbond substituents is 4. The summed E-state index contributed by atoms with van der Waals surface area (Å²) in [6.45, 7) is 1.24. The molecule has 0 bridgehead atoms. The Bertz CT molecular complexity index is 2720. The lowest BCUT2D eigenvalue weighted by Gasteiger charge is -2.26. The van der Waals surface area contributed by atoms with E-state index < -0.39 is 139 Å². The Morgan fingerprint density at radius 3 is 1.55 bits per heavy atom. The zero-order valence-corrected chi connectivity index (χ0v) is 30.9. The Kier molecular flexibility index (Phi) is 10.6. The Morgan fingerprint density at radius 1 is 0.455 bits per heavy atom. The van der Waals surface area contributed by atoms with Crippen molar-refractivity contribution in [3.63, 3.8) is 0 Å². The monoisotopic (exact) mass is 870 g/mol. The summed E-state index contributed by atoms with van der Waals surface area (Å²) in [7, 11) is -24.9. The second kappa shape index (κ2) is 13.9. The summed E-state index contributed by atoms with van der Waals surface area (Å²) in [5, 5.41) is 55.2. The van der Waals surface area contributed by atoms with Crippen LogP contribution in [0.2, 0.25) is 0 Å². The van der Waals surface area contributed by atoms with E-state index in [2.05, 4.69) is 20.5 Å². The van der Waals surface area contributed by atoms with Crippen molar-refractivity contribution >= 4 is 97.1 Å². The highest BCUT2D eigenvalue weighted by Crippen LogP contribution is 2.58. The topological polar surface area (TPSA) is 421 Å². The number of aryl methyl sites for hydroxylation is 1. The van der Waals surface area contributed by atoms with Crippen LogP contribution in [-0.4, -0.2) is 87.3 Å². The van der Waals surface area contributed by atoms with Crippen LogP contribution in [-0.2, 0) is 20.2 Å². The minimum atomic E-state index is -5.42. The van der Waals surface area contributed by atoms with E-state index in [-0.39, 0.29) is 10.9 Å². The molecule has 5 aromatic rings. The number of phenols is 4. The summed E-state index contributed by atoms with van der Waals surface area (Å²) in [5.74, 6) is -3.71. The third-order valence-corrected chi connectivity index (χ3v) is 11.9. The fraction of sp³-hybridized carbons (Fsp3) is 0.0370. The van der Waals surface area contributed by atoms with Crippen molar-refractivity contribution < 1.29 is 87.3 Å². The van der Waals surface area contributed by atoms with Crippen molar-refractivity contribution in [3.05, 3.63) is 54.1 Å². The van der Waals surface area contributed by atoms with Crippen molar-refractivity contribution in [3.8, 4) is 23.0 Å². The number of nitrogens with zero attached hydrogens (tertiary/aromatic N) is 4. The number of fused-ring (bicyclic) bond motifs is 2. The second-order valence-corrected chi connectivity index (χ2v) is 18.5. The van der Waals surface area contributed by atoms with Gasteiger partial charge >= 0.3 is 0 Å². The fourth-order valence-electron chi connectivity index (χ4n) is 5.06. The molecule has 28 heteroatoms. The average molecular weight is 871 g/mol. The van der Waals surface area contributed by atoms with Crippen LogP contribution >= 0.6 is 32.6 Å². The molecule has 0 saturated carbocycles. The molecule has 0 amide bonds. The maximum atomic E-state index is 12.4. The van der Waals surface area contributed by atoms with Gasteiger partial charge in [-0.15, -0.1) is 20.5 Å². The lowest BCUT2D eigenvalue weighted by atomic mass is 10.1. The van der Waals surface area contributed by atoms with Gasteiger partial charge in [-0.1, -0.05) is 0 Å². The molecule has 15 N–H and O–H groups in total. The van der Waals surface area contributed by atoms with Gasteiger partial charge in [0.2, 0.25) is 0 Å². The molecule has 0 radical (unpaired) electrons. The van der Waals surface area contributed by atoms with Crippen molar-refractivity contribution in [2.75, 3.05) is 0 Å². The van der Waals surface area contributed by atoms with Gasteiger partial charge in [-0.2, -0.15) is 16.8 Å². The summed E-state index contributed by atoms with van der Waals surface area (Å²) < 4.78 is 158. The molecule has 0 aliphatic rings. The molecule has 23 nitrogen and oxygen atoms in total. The van der Waals surface area contributed by atoms with E-state index in [0.29, 0.717) is 30.3 Å². The highest BCUT2D eigenvalue weighted by Gasteiger charge is 2.32. The van der Waals surface area contributed by atoms with Gasteiger partial charge < -0.3 is 61.4 Å². The molecule has 0 unspecified atom stereocenters. The van der Waals surface area contributed by atoms with E-state index in [1.165, 1.54) is 6.92 Å². The third kappa shape index (κ3) is 8.24. The first-order chi connectivity index (χ1) is 25.0. The van der Waals surface area contributed by atoms with Crippen LogP contribution in [0.5, 0.6) is 23.0 Å². The predicted octanol–water partition coefficient (Wildman–Crippen LogP) is 8.20. The fourth-order valence-corrected chi connectivity index (χ4v) is 8.41. The minimum Gasteiger partial charge on any atom is -0.506 e. The van der Waals surface area contributed by atoms with E-state index >= 15 is 0 Å². The summed E-state index contributed by atoms with van der Waals surface area (Å²) in [5.41, 5.74) is -3.30. The van der Waals surface area contributed by atoms with Crippen molar-refractivity contribution in [1.29, 1.82) is 0 Å². The van der Waals surface area contributed by atoms with Crippen LogP contribution < -0.4 is 0 Å². The molecule has 0 heterocycles. The second-order valence-electron chi connectivity index (χ2n) is 11.2. The number of rotatable bonds is 9. The van der Waals surface area contributed by atoms with Gasteiger partial charge in [0.25, 0.3) is 20.2 Å². The van der Waals surface area contributed by atoms with Crippen molar-refractivity contribution in [2.24, 2.45) is 20.5 Å². The quantitative estimate of drug-likeness (QED) is 0.0490. The van der Waals surface area contributed by atoms with E-state index in [0.717, 1.165) is 18.2 Å². The first-order valence-electron chi connectivity index (χ1n) is 14.0. The highest BCUT2D eigenvalue weighted by atomic mass is 32.3. The average Bonchev–Trinajstić information content (AvgIpc) is 3.03. The van der Waals surface area contributed by atoms with Crippen LogP contribution in [0, 0.1) is 6.92 Å². The largest absolute Gasteiger partial charge is 0.506 e. The van der Waals surface area contributed by atoms with Crippen molar-refractivity contribution in [1.82, 2.24) is 0 Å². The summed E-state index contributed by atoms with van der Waals surface area (Å²) >= 11 is 0. The van der Waals surface area contributed by atoms with Gasteiger partial charge in [0.1, 0.15) is 71.8 Å². The third-order valence-electron chi connectivity index (χ3n) is 7.52. The molecule has 0 fully saturated rings. The van der Waals surface area contributed by atoms with E-state index in [4.69, 9.17) is 0 Å². The molecule has 0 aliphatic carbocycles. The number of azo groups is 2. The number of aromatic hydroxyl groups is 4. The maximum absolute atomic E-state index is 12.4. The smallest absolute Gasteiger partial charge is 0.295 e. The van der Waals surface area contributed by atoms with Gasteiger partial charge in [0.05, 0.1) is 19.6 Å². The maximum Gasteiger partial charge on any atom is 0.295 e. The number of benzene rings is 5. The molecule has 0 saturated heterocycles. The summed E-state index contributed by atoms with van der Waals surface area (Å²) in [4.78, 5) is -5.17. The van der Waals surface area contributed by atoms with Gasteiger partial charge in [0, 0.05) is 21.5 Å². The Balaban J connectivity index is 1.78. The Morgan fingerprint density at radius 2 is 1.02 bits per heavy atom. The first-order valence-corrected chi connectivity index (χ1v) is 21.4. The van der Waals surface area contributed by atoms with Gasteiger partial charge in [-0.05, 0) is 61.0 Å². The molecule has 0 aromatic heterocycles. The normalized spacial score (nSPS) is 14.4. The minimum absolute atomic E-state index is 0.112. The molecule has 0 spiro atoms.